The van der Waals surface area contributed by atoms with E-state index in [1.54, 1.807) is 14.0 Å². The molecule has 0 bridgehead atoms. The van der Waals surface area contributed by atoms with Crippen LogP contribution in [0.15, 0.2) is 14.6 Å². The van der Waals surface area contributed by atoms with Gasteiger partial charge in [-0.15, -0.1) is 0 Å². The number of thioether (sulfide) groups is 1. The molecule has 0 amide bonds. The van der Waals surface area contributed by atoms with Gasteiger partial charge in [0.25, 0.3) is 5.56 Å². The number of carbonyl (C=O) groups excluding carboxylic acids is 1. The van der Waals surface area contributed by atoms with Crippen LogP contribution < -0.4 is 11.2 Å². The summed E-state index contributed by atoms with van der Waals surface area (Å²) in [6, 6.07) is 0. The molecule has 0 spiro atoms. The van der Waals surface area contributed by atoms with E-state index < -0.39 is 11.2 Å². The molecule has 0 saturated heterocycles. The third kappa shape index (κ3) is 3.50. The molecule has 2 aromatic heterocycles. The molecule has 0 aliphatic carbocycles. The summed E-state index contributed by atoms with van der Waals surface area (Å²) in [6.45, 7) is 4.01. The average molecular weight is 352 g/mol. The molecular weight excluding hydrogens is 332 g/mol. The quantitative estimate of drug-likeness (QED) is 0.427. The van der Waals surface area contributed by atoms with Gasteiger partial charge in [0, 0.05) is 20.5 Å². The topological polar surface area (TPSA) is 96.1 Å². The first-order valence-electron chi connectivity index (χ1n) is 7.65. The highest BCUT2D eigenvalue weighted by atomic mass is 32.2. The molecule has 0 N–H and O–H groups in total. The van der Waals surface area contributed by atoms with Crippen molar-refractivity contribution in [1.82, 2.24) is 19.1 Å². The highest BCUT2D eigenvalue weighted by molar-refractivity contribution is 8.00. The molecule has 0 aromatic carbocycles. The fourth-order valence-corrected chi connectivity index (χ4v) is 3.07. The van der Waals surface area contributed by atoms with Gasteiger partial charge >= 0.3 is 11.7 Å². The Morgan fingerprint density at radius 2 is 1.88 bits per heavy atom. The number of esters is 1. The molecule has 0 fully saturated rings. The summed E-state index contributed by atoms with van der Waals surface area (Å²) in [4.78, 5) is 45.0. The van der Waals surface area contributed by atoms with Crippen LogP contribution in [0.2, 0.25) is 0 Å². The second-order valence-corrected chi connectivity index (χ2v) is 6.16. The molecule has 24 heavy (non-hydrogen) atoms. The number of hydrogen-bond acceptors (Lipinski definition) is 7. The Hall–Kier alpha value is -2.16. The van der Waals surface area contributed by atoms with Crippen molar-refractivity contribution in [3.8, 4) is 0 Å². The molecule has 0 radical (unpaired) electrons. The van der Waals surface area contributed by atoms with Gasteiger partial charge in [0.05, 0.1) is 12.4 Å². The fourth-order valence-electron chi connectivity index (χ4n) is 2.24. The smallest absolute Gasteiger partial charge is 0.332 e. The Balaban J connectivity index is 2.64. The van der Waals surface area contributed by atoms with Gasteiger partial charge in [-0.2, -0.15) is 0 Å². The highest BCUT2D eigenvalue weighted by Crippen LogP contribution is 2.22. The maximum Gasteiger partial charge on any atom is 0.332 e. The summed E-state index contributed by atoms with van der Waals surface area (Å²) in [6.07, 6.45) is 1.44. The third-order valence-electron chi connectivity index (χ3n) is 3.42. The summed E-state index contributed by atoms with van der Waals surface area (Å²) in [5.41, 5.74) is -0.634. The third-order valence-corrected chi connectivity index (χ3v) is 4.37. The van der Waals surface area contributed by atoms with Crippen molar-refractivity contribution in [3.63, 3.8) is 0 Å². The van der Waals surface area contributed by atoms with Crippen LogP contribution in [0.1, 0.15) is 26.1 Å². The first kappa shape index (κ1) is 18.2. The van der Waals surface area contributed by atoms with Crippen molar-refractivity contribution in [2.75, 3.05) is 12.4 Å². The number of aromatic nitrogens is 4. The van der Waals surface area contributed by atoms with Crippen LogP contribution in [-0.4, -0.2) is 37.4 Å². The summed E-state index contributed by atoms with van der Waals surface area (Å²) in [5, 5.41) is 0.640. The Labute approximate surface area is 142 Å². The van der Waals surface area contributed by atoms with Crippen LogP contribution in [0, 0.1) is 0 Å². The minimum atomic E-state index is -0.470. The first-order valence-corrected chi connectivity index (χ1v) is 8.64. The van der Waals surface area contributed by atoms with Crippen molar-refractivity contribution in [3.05, 3.63) is 26.7 Å². The van der Waals surface area contributed by atoms with Gasteiger partial charge in [-0.1, -0.05) is 18.7 Å². The van der Waals surface area contributed by atoms with E-state index in [0.717, 1.165) is 22.7 Å². The van der Waals surface area contributed by atoms with Crippen LogP contribution in [0.5, 0.6) is 0 Å². The second-order valence-electron chi connectivity index (χ2n) is 5.19. The molecule has 9 heteroatoms. The van der Waals surface area contributed by atoms with Crippen LogP contribution in [0.4, 0.5) is 0 Å². The molecule has 0 unspecified atom stereocenters. The van der Waals surface area contributed by atoms with E-state index >= 15 is 0 Å². The summed E-state index contributed by atoms with van der Waals surface area (Å²) in [7, 11) is 2.97. The van der Waals surface area contributed by atoms with Gasteiger partial charge < -0.3 is 4.74 Å². The zero-order valence-corrected chi connectivity index (χ0v) is 15.0. The lowest BCUT2D eigenvalue weighted by Gasteiger charge is -2.11. The van der Waals surface area contributed by atoms with Crippen molar-refractivity contribution in [2.24, 2.45) is 14.1 Å². The van der Waals surface area contributed by atoms with Gasteiger partial charge in [-0.05, 0) is 13.3 Å². The summed E-state index contributed by atoms with van der Waals surface area (Å²) >= 11 is 1.12. The molecule has 130 valence electrons. The van der Waals surface area contributed by atoms with Crippen molar-refractivity contribution in [2.45, 2.75) is 31.7 Å². The van der Waals surface area contributed by atoms with E-state index in [0.29, 0.717) is 23.9 Å². The van der Waals surface area contributed by atoms with Crippen molar-refractivity contribution in [1.29, 1.82) is 0 Å². The zero-order valence-electron chi connectivity index (χ0n) is 14.2. The molecule has 2 heterocycles. The molecule has 2 aromatic rings. The maximum absolute atomic E-state index is 12.5. The fraction of sp³-hybridized carbons (Fsp3) is 0.533. The minimum absolute atomic E-state index is 0.0392. The second kappa shape index (κ2) is 7.61. The van der Waals surface area contributed by atoms with Gasteiger partial charge in [0.1, 0.15) is 16.2 Å². The molecule has 0 atom stereocenters. The number of ether oxygens (including phenoxy) is 1. The zero-order chi connectivity index (χ0) is 17.9. The van der Waals surface area contributed by atoms with Crippen molar-refractivity contribution >= 4 is 28.8 Å². The minimum Gasteiger partial charge on any atom is -0.465 e. The largest absolute Gasteiger partial charge is 0.465 e. The number of rotatable bonds is 6. The molecule has 2 rings (SSSR count). The van der Waals surface area contributed by atoms with Gasteiger partial charge in [0.15, 0.2) is 5.65 Å². The lowest BCUT2D eigenvalue weighted by atomic mass is 10.3. The van der Waals surface area contributed by atoms with E-state index in [1.807, 2.05) is 6.92 Å². The lowest BCUT2D eigenvalue weighted by molar-refractivity contribution is -0.139. The molecule has 0 saturated carbocycles. The Kier molecular flexibility index (Phi) is 5.76. The Bertz CT molecular complexity index is 888. The molecular formula is C15H20N4O4S. The standard InChI is InChI=1S/C15H20N4O4S/c1-5-7-9-16-12-11(14(21)19(4)15(22)18(12)3)13(17-9)24-8-10(20)23-6-2/h5-8H2,1-4H3. The highest BCUT2D eigenvalue weighted by Gasteiger charge is 2.18. The normalized spacial score (nSPS) is 11.0. The maximum atomic E-state index is 12.5. The molecule has 8 nitrogen and oxygen atoms in total. The van der Waals surface area contributed by atoms with Crippen LogP contribution in [-0.2, 0) is 30.0 Å². The monoisotopic (exact) mass is 352 g/mol. The van der Waals surface area contributed by atoms with Crippen molar-refractivity contribution < 1.29 is 9.53 Å². The van der Waals surface area contributed by atoms with E-state index in [9.17, 15) is 14.4 Å². The van der Waals surface area contributed by atoms with Crippen LogP contribution in [0.3, 0.4) is 0 Å². The van der Waals surface area contributed by atoms with E-state index in [1.165, 1.54) is 11.6 Å². The SMILES string of the molecule is CCCc1nc(SCC(=O)OCC)c2c(=O)n(C)c(=O)n(C)c2n1. The predicted octanol–water partition coefficient (Wildman–Crippen LogP) is 0.635. The lowest BCUT2D eigenvalue weighted by Crippen LogP contribution is -2.38. The van der Waals surface area contributed by atoms with Crippen LogP contribution in [0.25, 0.3) is 11.0 Å². The van der Waals surface area contributed by atoms with Gasteiger partial charge in [-0.3, -0.25) is 18.7 Å². The number of carbonyl (C=O) groups is 1. The van der Waals surface area contributed by atoms with Gasteiger partial charge in [-0.25, -0.2) is 14.8 Å². The average Bonchev–Trinajstić information content (AvgIpc) is 2.56. The van der Waals surface area contributed by atoms with Gasteiger partial charge in [0.2, 0.25) is 0 Å². The van der Waals surface area contributed by atoms with E-state index in [-0.39, 0.29) is 22.8 Å². The number of hydrogen-bond donors (Lipinski definition) is 0. The van der Waals surface area contributed by atoms with E-state index in [4.69, 9.17) is 4.74 Å². The van der Waals surface area contributed by atoms with E-state index in [2.05, 4.69) is 9.97 Å². The number of fused-ring (bicyclic) bond motifs is 1. The molecule has 0 aliphatic heterocycles. The number of nitrogens with zero attached hydrogens (tertiary/aromatic N) is 4. The van der Waals surface area contributed by atoms with Crippen LogP contribution >= 0.6 is 11.8 Å². The molecule has 0 aliphatic rings. The summed E-state index contributed by atoms with van der Waals surface area (Å²) < 4.78 is 7.25. The Morgan fingerprint density at radius 1 is 1.17 bits per heavy atom. The summed E-state index contributed by atoms with van der Waals surface area (Å²) in [5.74, 6) is 0.199. The number of aryl methyl sites for hydroxylation is 2. The first-order chi connectivity index (χ1) is 11.4. The Morgan fingerprint density at radius 3 is 2.50 bits per heavy atom. The predicted molar refractivity (Wildman–Crippen MR) is 91.4 cm³/mol.